The van der Waals surface area contributed by atoms with Gasteiger partial charge < -0.3 is 13.9 Å². The summed E-state index contributed by atoms with van der Waals surface area (Å²) in [6.07, 6.45) is 2.79. The van der Waals surface area contributed by atoms with Crippen LogP contribution in [0.5, 0.6) is 11.5 Å². The van der Waals surface area contributed by atoms with Gasteiger partial charge in [-0.1, -0.05) is 6.07 Å². The molecule has 0 bridgehead atoms. The number of furan rings is 1. The molecule has 0 fully saturated rings. The summed E-state index contributed by atoms with van der Waals surface area (Å²) in [5.41, 5.74) is 0.553. The third-order valence-corrected chi connectivity index (χ3v) is 2.74. The molecule has 0 atom stereocenters. The van der Waals surface area contributed by atoms with Crippen molar-refractivity contribution in [2.24, 2.45) is 0 Å². The highest BCUT2D eigenvalue weighted by molar-refractivity contribution is 5.88. The molecule has 1 aromatic carbocycles. The fourth-order valence-electron chi connectivity index (χ4n) is 1.77. The molecule has 1 aromatic heterocycles. The van der Waals surface area contributed by atoms with E-state index in [0.717, 1.165) is 0 Å². The molecule has 1 heterocycles. The van der Waals surface area contributed by atoms with E-state index < -0.39 is 5.97 Å². The minimum absolute atomic E-state index is 0.0345. The van der Waals surface area contributed by atoms with Gasteiger partial charge in [-0.15, -0.1) is 0 Å². The van der Waals surface area contributed by atoms with Crippen LogP contribution in [0.15, 0.2) is 46.6 Å². The predicted octanol–water partition coefficient (Wildman–Crippen LogP) is 3.33. The third kappa shape index (κ3) is 3.99. The van der Waals surface area contributed by atoms with Crippen molar-refractivity contribution < 1.29 is 18.7 Å². The van der Waals surface area contributed by atoms with Crippen LogP contribution in [0.3, 0.4) is 0 Å². The highest BCUT2D eigenvalue weighted by Gasteiger charge is 2.15. The number of rotatable bonds is 5. The molecular weight excluding hydrogens is 296 g/mol. The van der Waals surface area contributed by atoms with Gasteiger partial charge >= 0.3 is 5.97 Å². The van der Waals surface area contributed by atoms with Crippen molar-refractivity contribution in [3.05, 3.63) is 53.5 Å². The van der Waals surface area contributed by atoms with E-state index in [2.05, 4.69) is 0 Å². The van der Waals surface area contributed by atoms with Gasteiger partial charge in [0.25, 0.3) is 0 Å². The third-order valence-electron chi connectivity index (χ3n) is 2.74. The van der Waals surface area contributed by atoms with Crippen molar-refractivity contribution in [1.82, 2.24) is 0 Å². The number of carbonyl (C=O) groups excluding carboxylic acids is 1. The maximum atomic E-state index is 11.9. The Balaban J connectivity index is 2.30. The molecule has 0 saturated carbocycles. The van der Waals surface area contributed by atoms with Gasteiger partial charge in [-0.3, -0.25) is 0 Å². The monoisotopic (exact) mass is 308 g/mol. The van der Waals surface area contributed by atoms with E-state index in [1.807, 2.05) is 0 Å². The van der Waals surface area contributed by atoms with E-state index in [-0.39, 0.29) is 17.1 Å². The fourth-order valence-corrected chi connectivity index (χ4v) is 1.77. The van der Waals surface area contributed by atoms with Gasteiger partial charge in [-0.2, -0.15) is 10.5 Å². The van der Waals surface area contributed by atoms with Crippen LogP contribution in [0, 0.1) is 22.7 Å². The fraction of sp³-hybridized carbons (Fsp3) is 0.118. The number of benzene rings is 1. The first-order valence-electron chi connectivity index (χ1n) is 6.72. The lowest BCUT2D eigenvalue weighted by molar-refractivity contribution is 0.0695. The number of carbonyl (C=O) groups is 1. The molecular formula is C17H12N2O4. The van der Waals surface area contributed by atoms with E-state index in [4.69, 9.17) is 24.4 Å². The highest BCUT2D eigenvalue weighted by atomic mass is 16.6. The van der Waals surface area contributed by atoms with Crippen LogP contribution in [-0.4, -0.2) is 12.6 Å². The van der Waals surface area contributed by atoms with Gasteiger partial charge in [0.15, 0.2) is 11.5 Å². The zero-order valence-corrected chi connectivity index (χ0v) is 12.3. The lowest BCUT2D eigenvalue weighted by Crippen LogP contribution is -2.08. The molecule has 0 aliphatic carbocycles. The average Bonchev–Trinajstić information content (AvgIpc) is 3.09. The van der Waals surface area contributed by atoms with Gasteiger partial charge in [0.2, 0.25) is 5.76 Å². The largest absolute Gasteiger partial charge is 0.490 e. The maximum Gasteiger partial charge on any atom is 0.379 e. The van der Waals surface area contributed by atoms with Crippen LogP contribution in [0.25, 0.3) is 6.08 Å². The second kappa shape index (κ2) is 7.48. The number of esters is 1. The van der Waals surface area contributed by atoms with Gasteiger partial charge in [0.1, 0.15) is 17.7 Å². The normalized spacial score (nSPS) is 9.35. The summed E-state index contributed by atoms with van der Waals surface area (Å²) in [6.45, 7) is 2.15. The summed E-state index contributed by atoms with van der Waals surface area (Å²) in [7, 11) is 0. The van der Waals surface area contributed by atoms with Crippen molar-refractivity contribution in [3.63, 3.8) is 0 Å². The second-order valence-electron chi connectivity index (χ2n) is 4.29. The van der Waals surface area contributed by atoms with Crippen LogP contribution in [0.1, 0.15) is 23.0 Å². The summed E-state index contributed by atoms with van der Waals surface area (Å²) in [6, 6.07) is 11.4. The minimum Gasteiger partial charge on any atom is -0.490 e. The van der Waals surface area contributed by atoms with Crippen LogP contribution in [0.4, 0.5) is 0 Å². The molecule has 0 aliphatic heterocycles. The Morgan fingerprint density at radius 1 is 1.26 bits per heavy atom. The molecule has 2 aromatic rings. The minimum atomic E-state index is -0.644. The molecule has 2 rings (SSSR count). The number of nitriles is 2. The average molecular weight is 308 g/mol. The quantitative estimate of drug-likeness (QED) is 0.477. The van der Waals surface area contributed by atoms with Crippen molar-refractivity contribution in [2.75, 3.05) is 6.61 Å². The second-order valence-corrected chi connectivity index (χ2v) is 4.29. The number of ether oxygens (including phenoxy) is 2. The Hall–Kier alpha value is -3.51. The highest BCUT2D eigenvalue weighted by Crippen LogP contribution is 2.30. The van der Waals surface area contributed by atoms with Crippen molar-refractivity contribution >= 4 is 12.0 Å². The van der Waals surface area contributed by atoms with E-state index in [1.165, 1.54) is 24.5 Å². The molecule has 0 aliphatic rings. The van der Waals surface area contributed by atoms with Crippen LogP contribution in [0.2, 0.25) is 0 Å². The van der Waals surface area contributed by atoms with Gasteiger partial charge in [-0.25, -0.2) is 4.79 Å². The van der Waals surface area contributed by atoms with Crippen LogP contribution < -0.4 is 9.47 Å². The summed E-state index contributed by atoms with van der Waals surface area (Å²) in [4.78, 5) is 11.9. The SMILES string of the molecule is CCOc1cc(C=C(C#N)C#N)ccc1OC(=O)c1ccco1. The lowest BCUT2D eigenvalue weighted by atomic mass is 10.1. The Morgan fingerprint density at radius 2 is 2.04 bits per heavy atom. The summed E-state index contributed by atoms with van der Waals surface area (Å²) in [5.74, 6) is -0.0149. The summed E-state index contributed by atoms with van der Waals surface area (Å²) in [5, 5.41) is 17.6. The van der Waals surface area contributed by atoms with E-state index in [0.29, 0.717) is 17.9 Å². The lowest BCUT2D eigenvalue weighted by Gasteiger charge is -2.10. The predicted molar refractivity (Wildman–Crippen MR) is 80.5 cm³/mol. The summed E-state index contributed by atoms with van der Waals surface area (Å²) >= 11 is 0. The molecule has 0 spiro atoms. The first-order chi connectivity index (χ1) is 11.2. The standard InChI is InChI=1S/C17H12N2O4/c1-2-21-16-9-12(8-13(10-18)11-19)5-6-14(16)23-17(20)15-4-3-7-22-15/h3-9H,2H2,1H3. The molecule has 114 valence electrons. The molecule has 6 heteroatoms. The molecule has 0 radical (unpaired) electrons. The first kappa shape index (κ1) is 15.9. The van der Waals surface area contributed by atoms with Crippen molar-refractivity contribution in [3.8, 4) is 23.6 Å². The number of nitrogens with zero attached hydrogens (tertiary/aromatic N) is 2. The Morgan fingerprint density at radius 3 is 2.65 bits per heavy atom. The van der Waals surface area contributed by atoms with Crippen molar-refractivity contribution in [1.29, 1.82) is 10.5 Å². The van der Waals surface area contributed by atoms with Crippen LogP contribution in [-0.2, 0) is 0 Å². The topological polar surface area (TPSA) is 96.2 Å². The van der Waals surface area contributed by atoms with Crippen LogP contribution >= 0.6 is 0 Å². The van der Waals surface area contributed by atoms with Gasteiger partial charge in [0.05, 0.1) is 12.9 Å². The number of hydrogen-bond donors (Lipinski definition) is 0. The first-order valence-corrected chi connectivity index (χ1v) is 6.72. The smallest absolute Gasteiger partial charge is 0.379 e. The summed E-state index contributed by atoms with van der Waals surface area (Å²) < 4.78 is 15.7. The zero-order valence-electron chi connectivity index (χ0n) is 12.3. The molecule has 0 saturated heterocycles. The van der Waals surface area contributed by atoms with Crippen molar-refractivity contribution in [2.45, 2.75) is 6.92 Å². The zero-order chi connectivity index (χ0) is 16.7. The van der Waals surface area contributed by atoms with E-state index in [9.17, 15) is 4.79 Å². The van der Waals surface area contributed by atoms with E-state index in [1.54, 1.807) is 37.3 Å². The van der Waals surface area contributed by atoms with E-state index >= 15 is 0 Å². The van der Waals surface area contributed by atoms with Gasteiger partial charge in [-0.05, 0) is 42.8 Å². The molecule has 0 unspecified atom stereocenters. The maximum absolute atomic E-state index is 11.9. The Kier molecular flexibility index (Phi) is 5.16. The molecule has 23 heavy (non-hydrogen) atoms. The Bertz CT molecular complexity index is 792. The molecule has 6 nitrogen and oxygen atoms in total. The molecule has 0 amide bonds. The number of allylic oxidation sites excluding steroid dienone is 1. The molecule has 0 N–H and O–H groups in total. The number of hydrogen-bond acceptors (Lipinski definition) is 6. The van der Waals surface area contributed by atoms with Gasteiger partial charge in [0, 0.05) is 0 Å². The Labute approximate surface area is 132 Å².